The SMILES string of the molecule is Nn1c2ccccc2c2cc(C3C=c4c(n(I)c5ccccc45)=CC3)ccc21. The summed E-state index contributed by atoms with van der Waals surface area (Å²) in [6.45, 7) is 0. The van der Waals surface area contributed by atoms with Crippen molar-refractivity contribution < 1.29 is 0 Å². The highest BCUT2D eigenvalue weighted by atomic mass is 127. The Morgan fingerprint density at radius 1 is 0.821 bits per heavy atom. The molecule has 0 saturated carbocycles. The fourth-order valence-electron chi connectivity index (χ4n) is 4.60. The standard InChI is InChI=1S/C24H18IN3/c25-27-21-7-3-1-5-17(21)19-13-15(9-11-22(19)27)16-10-12-24-20(14-16)18-6-2-4-8-23(18)28(24)26/h1-8,10-15H,9,26H2. The van der Waals surface area contributed by atoms with E-state index < -0.39 is 0 Å². The van der Waals surface area contributed by atoms with Crippen LogP contribution in [0, 0.1) is 0 Å². The molecule has 1 aliphatic rings. The fraction of sp³-hybridized carbons (Fsp3) is 0.0833. The molecule has 0 radical (unpaired) electrons. The van der Waals surface area contributed by atoms with Crippen molar-refractivity contribution in [2.75, 3.05) is 5.84 Å². The van der Waals surface area contributed by atoms with Crippen molar-refractivity contribution in [2.24, 2.45) is 0 Å². The van der Waals surface area contributed by atoms with E-state index in [9.17, 15) is 0 Å². The minimum Gasteiger partial charge on any atom is -0.339 e. The van der Waals surface area contributed by atoms with Crippen LogP contribution in [0.3, 0.4) is 0 Å². The lowest BCUT2D eigenvalue weighted by Crippen LogP contribution is -2.29. The maximum Gasteiger partial charge on any atom is 0.0703 e. The number of nitrogens with two attached hydrogens (primary N) is 1. The normalized spacial score (nSPS) is 16.2. The zero-order chi connectivity index (χ0) is 18.8. The Balaban J connectivity index is 1.58. The van der Waals surface area contributed by atoms with Gasteiger partial charge in [0, 0.05) is 27.3 Å². The van der Waals surface area contributed by atoms with Crippen LogP contribution in [0.15, 0.2) is 66.7 Å². The number of hydrogen-bond donors (Lipinski definition) is 1. The molecule has 0 saturated heterocycles. The van der Waals surface area contributed by atoms with Gasteiger partial charge >= 0.3 is 0 Å². The van der Waals surface area contributed by atoms with E-state index in [0.717, 1.165) is 17.5 Å². The molecule has 3 aromatic carbocycles. The van der Waals surface area contributed by atoms with Gasteiger partial charge in [0.1, 0.15) is 0 Å². The number of hydrogen-bond acceptors (Lipinski definition) is 1. The highest BCUT2D eigenvalue weighted by molar-refractivity contribution is 14.1. The molecule has 2 aromatic heterocycles. The largest absolute Gasteiger partial charge is 0.339 e. The van der Waals surface area contributed by atoms with Crippen molar-refractivity contribution in [3.05, 3.63) is 82.9 Å². The van der Waals surface area contributed by atoms with Gasteiger partial charge in [0.05, 0.1) is 44.8 Å². The first kappa shape index (κ1) is 16.2. The van der Waals surface area contributed by atoms with Gasteiger partial charge in [0.15, 0.2) is 0 Å². The van der Waals surface area contributed by atoms with Gasteiger partial charge in [-0.25, -0.2) is 0 Å². The van der Waals surface area contributed by atoms with E-state index in [1.54, 1.807) is 4.68 Å². The molecule has 3 nitrogen and oxygen atoms in total. The molecule has 1 atom stereocenters. The first-order valence-corrected chi connectivity index (χ1v) is 10.4. The Morgan fingerprint density at radius 3 is 2.39 bits per heavy atom. The van der Waals surface area contributed by atoms with Gasteiger partial charge < -0.3 is 5.84 Å². The van der Waals surface area contributed by atoms with Crippen LogP contribution < -0.4 is 16.4 Å². The van der Waals surface area contributed by atoms with Crippen LogP contribution in [0.2, 0.25) is 0 Å². The number of aromatic nitrogens is 2. The van der Waals surface area contributed by atoms with Crippen LogP contribution in [0.5, 0.6) is 0 Å². The van der Waals surface area contributed by atoms with Gasteiger partial charge in [-0.15, -0.1) is 0 Å². The minimum atomic E-state index is 0.374. The Labute approximate surface area is 175 Å². The van der Waals surface area contributed by atoms with Crippen molar-refractivity contribution >= 4 is 67.7 Å². The van der Waals surface area contributed by atoms with E-state index in [2.05, 4.69) is 98.5 Å². The van der Waals surface area contributed by atoms with E-state index in [0.29, 0.717) is 5.92 Å². The molecule has 0 bridgehead atoms. The second kappa shape index (κ2) is 5.88. The van der Waals surface area contributed by atoms with Crippen molar-refractivity contribution in [3.63, 3.8) is 0 Å². The summed E-state index contributed by atoms with van der Waals surface area (Å²) >= 11 is 2.41. The first-order chi connectivity index (χ1) is 13.7. The molecule has 1 aliphatic carbocycles. The molecule has 0 fully saturated rings. The molecule has 0 amide bonds. The molecule has 136 valence electrons. The summed E-state index contributed by atoms with van der Waals surface area (Å²) in [4.78, 5) is 0. The molecule has 6 rings (SSSR count). The number of benzene rings is 3. The van der Waals surface area contributed by atoms with E-state index in [4.69, 9.17) is 5.84 Å². The number of nitrogens with zero attached hydrogens (tertiary/aromatic N) is 2. The van der Waals surface area contributed by atoms with E-state index in [-0.39, 0.29) is 0 Å². The summed E-state index contributed by atoms with van der Waals surface area (Å²) < 4.78 is 4.08. The third-order valence-electron chi connectivity index (χ3n) is 5.99. The van der Waals surface area contributed by atoms with Crippen LogP contribution in [0.4, 0.5) is 0 Å². The van der Waals surface area contributed by atoms with Crippen molar-refractivity contribution in [3.8, 4) is 0 Å². The van der Waals surface area contributed by atoms with E-state index >= 15 is 0 Å². The quantitative estimate of drug-likeness (QED) is 0.283. The van der Waals surface area contributed by atoms with Gasteiger partial charge in [0.25, 0.3) is 0 Å². The summed E-state index contributed by atoms with van der Waals surface area (Å²) in [5.41, 5.74) is 4.78. The van der Waals surface area contributed by atoms with Crippen molar-refractivity contribution in [2.45, 2.75) is 12.3 Å². The van der Waals surface area contributed by atoms with Crippen LogP contribution in [-0.4, -0.2) is 7.46 Å². The second-order valence-electron chi connectivity index (χ2n) is 7.47. The summed E-state index contributed by atoms with van der Waals surface area (Å²) in [6.07, 6.45) is 5.83. The zero-order valence-electron chi connectivity index (χ0n) is 15.1. The summed E-state index contributed by atoms with van der Waals surface area (Å²) in [5, 5.41) is 6.44. The maximum atomic E-state index is 6.33. The number of rotatable bonds is 1. The smallest absolute Gasteiger partial charge is 0.0703 e. The van der Waals surface area contributed by atoms with Crippen molar-refractivity contribution in [1.29, 1.82) is 0 Å². The average molecular weight is 475 g/mol. The highest BCUT2D eigenvalue weighted by Crippen LogP contribution is 2.32. The monoisotopic (exact) mass is 475 g/mol. The van der Waals surface area contributed by atoms with Crippen LogP contribution in [0.1, 0.15) is 17.9 Å². The average Bonchev–Trinajstić information content (AvgIpc) is 3.20. The van der Waals surface area contributed by atoms with E-state index in [1.165, 1.54) is 37.8 Å². The van der Waals surface area contributed by atoms with Gasteiger partial charge in [-0.2, -0.15) is 0 Å². The summed E-state index contributed by atoms with van der Waals surface area (Å²) in [6, 6.07) is 23.7. The molecule has 28 heavy (non-hydrogen) atoms. The molecule has 5 aromatic rings. The number of halogens is 1. The number of nitrogen functional groups attached to an aromatic ring is 1. The third-order valence-corrected chi connectivity index (χ3v) is 7.03. The van der Waals surface area contributed by atoms with Crippen LogP contribution >= 0.6 is 22.9 Å². The third kappa shape index (κ3) is 2.15. The van der Waals surface area contributed by atoms with Gasteiger partial charge in [0.2, 0.25) is 0 Å². The van der Waals surface area contributed by atoms with Crippen molar-refractivity contribution in [1.82, 2.24) is 7.46 Å². The highest BCUT2D eigenvalue weighted by Gasteiger charge is 2.17. The van der Waals surface area contributed by atoms with Gasteiger partial charge in [-0.1, -0.05) is 54.6 Å². The lowest BCUT2D eigenvalue weighted by atomic mass is 9.90. The number of para-hydroxylation sites is 2. The predicted molar refractivity (Wildman–Crippen MR) is 126 cm³/mol. The van der Waals surface area contributed by atoms with Gasteiger partial charge in [-0.05, 0) is 36.2 Å². The zero-order valence-corrected chi connectivity index (χ0v) is 17.3. The molecule has 2 heterocycles. The molecular weight excluding hydrogens is 457 g/mol. The Bertz CT molecular complexity index is 1520. The first-order valence-electron chi connectivity index (χ1n) is 9.48. The molecular formula is C24H18IN3. The topological polar surface area (TPSA) is 35.9 Å². The molecule has 1 unspecified atom stereocenters. The molecule has 4 heteroatoms. The number of fused-ring (bicyclic) bond motifs is 6. The lowest BCUT2D eigenvalue weighted by Gasteiger charge is -2.14. The van der Waals surface area contributed by atoms with Crippen LogP contribution in [0.25, 0.3) is 44.9 Å². The predicted octanol–water partition coefficient (Wildman–Crippen LogP) is 4.41. The minimum absolute atomic E-state index is 0.374. The Hall–Kier alpha value is -2.73. The summed E-state index contributed by atoms with van der Waals surface area (Å²) in [5.74, 6) is 6.70. The molecule has 2 N–H and O–H groups in total. The van der Waals surface area contributed by atoms with Gasteiger partial charge in [-0.3, -0.25) is 7.46 Å². The summed E-state index contributed by atoms with van der Waals surface area (Å²) in [7, 11) is 0. The fourth-order valence-corrected chi connectivity index (χ4v) is 5.48. The Morgan fingerprint density at radius 2 is 1.54 bits per heavy atom. The van der Waals surface area contributed by atoms with E-state index in [1.807, 2.05) is 6.07 Å². The molecule has 0 spiro atoms. The molecule has 0 aliphatic heterocycles. The van der Waals surface area contributed by atoms with Crippen LogP contribution in [-0.2, 0) is 0 Å². The Kier molecular flexibility index (Phi) is 3.41. The maximum absolute atomic E-state index is 6.33. The second-order valence-corrected chi connectivity index (χ2v) is 8.44. The lowest BCUT2D eigenvalue weighted by molar-refractivity contribution is 0.919.